The number of hydrogen-bond acceptors (Lipinski definition) is 4. The van der Waals surface area contributed by atoms with Crippen LogP contribution in [-0.2, 0) is 10.0 Å². The summed E-state index contributed by atoms with van der Waals surface area (Å²) in [6.45, 7) is 2.47. The number of nitrogens with zero attached hydrogens (tertiary/aromatic N) is 1. The highest BCUT2D eigenvalue weighted by molar-refractivity contribution is 7.89. The van der Waals surface area contributed by atoms with Crippen LogP contribution in [0.5, 0.6) is 0 Å². The third-order valence-corrected chi connectivity index (χ3v) is 4.72. The quantitative estimate of drug-likeness (QED) is 0.739. The molecule has 1 rings (SSSR count). The van der Waals surface area contributed by atoms with Crippen LogP contribution in [0, 0.1) is 6.92 Å². The molecule has 0 bridgehead atoms. The number of benzene rings is 1. The number of rotatable bonds is 7. The molecule has 118 valence electrons. The van der Waals surface area contributed by atoms with Gasteiger partial charge in [0.2, 0.25) is 10.0 Å². The first-order valence-electron chi connectivity index (χ1n) is 6.33. The Labute approximate surface area is 129 Å². The molecule has 0 aliphatic rings. The van der Waals surface area contributed by atoms with E-state index in [4.69, 9.17) is 16.7 Å². The highest BCUT2D eigenvalue weighted by Crippen LogP contribution is 2.24. The van der Waals surface area contributed by atoms with Gasteiger partial charge in [-0.3, -0.25) is 0 Å². The van der Waals surface area contributed by atoms with Gasteiger partial charge in [0.15, 0.2) is 0 Å². The Bertz CT molecular complexity index is 629. The Morgan fingerprint density at radius 1 is 1.38 bits per heavy atom. The van der Waals surface area contributed by atoms with E-state index in [9.17, 15) is 13.2 Å². The van der Waals surface area contributed by atoms with E-state index < -0.39 is 16.0 Å². The van der Waals surface area contributed by atoms with E-state index in [1.165, 1.54) is 19.1 Å². The van der Waals surface area contributed by atoms with Gasteiger partial charge in [-0.1, -0.05) is 11.6 Å². The number of aromatic carboxylic acids is 1. The molecule has 1 aromatic carbocycles. The second kappa shape index (κ2) is 7.22. The SMILES string of the molecule is Cc1c(C(=O)O)cc(Cl)cc1S(=O)(=O)NCCCN(C)C. The summed E-state index contributed by atoms with van der Waals surface area (Å²) < 4.78 is 27.0. The molecule has 21 heavy (non-hydrogen) atoms. The molecule has 0 amide bonds. The van der Waals surface area contributed by atoms with Gasteiger partial charge in [0.25, 0.3) is 0 Å². The molecule has 0 aliphatic heterocycles. The lowest BCUT2D eigenvalue weighted by Gasteiger charge is -2.13. The number of hydrogen-bond donors (Lipinski definition) is 2. The molecule has 0 saturated heterocycles. The average Bonchev–Trinajstić information content (AvgIpc) is 2.36. The fourth-order valence-electron chi connectivity index (χ4n) is 1.83. The Morgan fingerprint density at radius 3 is 2.52 bits per heavy atom. The average molecular weight is 335 g/mol. The minimum absolute atomic E-state index is 0.0756. The minimum atomic E-state index is -3.78. The molecule has 0 heterocycles. The van der Waals surface area contributed by atoms with Crippen molar-refractivity contribution in [3.05, 3.63) is 28.3 Å². The van der Waals surface area contributed by atoms with Crippen LogP contribution in [0.2, 0.25) is 5.02 Å². The van der Waals surface area contributed by atoms with Gasteiger partial charge in [-0.05, 0) is 51.7 Å². The van der Waals surface area contributed by atoms with E-state index in [0.29, 0.717) is 6.42 Å². The number of carboxylic acids is 1. The molecular weight excluding hydrogens is 316 g/mol. The van der Waals surface area contributed by atoms with Crippen LogP contribution >= 0.6 is 11.6 Å². The third kappa shape index (κ3) is 4.96. The maximum absolute atomic E-state index is 12.2. The van der Waals surface area contributed by atoms with E-state index in [1.807, 2.05) is 19.0 Å². The van der Waals surface area contributed by atoms with E-state index in [2.05, 4.69) is 4.72 Å². The zero-order valence-electron chi connectivity index (χ0n) is 12.2. The van der Waals surface area contributed by atoms with Gasteiger partial charge >= 0.3 is 5.97 Å². The van der Waals surface area contributed by atoms with Crippen LogP contribution in [-0.4, -0.2) is 51.6 Å². The maximum Gasteiger partial charge on any atom is 0.336 e. The van der Waals surface area contributed by atoms with E-state index in [-0.39, 0.29) is 27.6 Å². The second-order valence-electron chi connectivity index (χ2n) is 4.94. The van der Waals surface area contributed by atoms with Crippen LogP contribution in [0.1, 0.15) is 22.3 Å². The summed E-state index contributed by atoms with van der Waals surface area (Å²) in [5, 5.41) is 9.15. The number of carboxylic acid groups (broad SMARTS) is 1. The van der Waals surface area contributed by atoms with Crippen molar-refractivity contribution in [1.82, 2.24) is 9.62 Å². The zero-order chi connectivity index (χ0) is 16.2. The number of halogens is 1. The molecule has 0 spiro atoms. The summed E-state index contributed by atoms with van der Waals surface area (Å²) in [7, 11) is 0.0114. The number of sulfonamides is 1. The molecule has 0 aliphatic carbocycles. The number of nitrogens with one attached hydrogen (secondary N) is 1. The molecule has 1 aromatic rings. The Kier molecular flexibility index (Phi) is 6.15. The van der Waals surface area contributed by atoms with Crippen molar-refractivity contribution in [2.75, 3.05) is 27.2 Å². The van der Waals surface area contributed by atoms with Crippen molar-refractivity contribution in [2.24, 2.45) is 0 Å². The van der Waals surface area contributed by atoms with Gasteiger partial charge in [0.05, 0.1) is 10.5 Å². The molecule has 0 atom stereocenters. The first-order valence-corrected chi connectivity index (χ1v) is 8.19. The minimum Gasteiger partial charge on any atom is -0.478 e. The van der Waals surface area contributed by atoms with Crippen molar-refractivity contribution in [3.8, 4) is 0 Å². The lowest BCUT2D eigenvalue weighted by Crippen LogP contribution is -2.28. The zero-order valence-corrected chi connectivity index (χ0v) is 13.8. The van der Waals surface area contributed by atoms with Gasteiger partial charge < -0.3 is 10.0 Å². The molecular formula is C13H19ClN2O4S. The smallest absolute Gasteiger partial charge is 0.336 e. The maximum atomic E-state index is 12.2. The largest absolute Gasteiger partial charge is 0.478 e. The van der Waals surface area contributed by atoms with Crippen molar-refractivity contribution in [1.29, 1.82) is 0 Å². The van der Waals surface area contributed by atoms with E-state index in [1.54, 1.807) is 0 Å². The van der Waals surface area contributed by atoms with E-state index in [0.717, 1.165) is 6.54 Å². The van der Waals surface area contributed by atoms with Crippen molar-refractivity contribution >= 4 is 27.6 Å². The molecule has 8 heteroatoms. The molecule has 6 nitrogen and oxygen atoms in total. The first kappa shape index (κ1) is 17.9. The van der Waals surface area contributed by atoms with Gasteiger partial charge in [-0.25, -0.2) is 17.9 Å². The van der Waals surface area contributed by atoms with Crippen LogP contribution < -0.4 is 4.72 Å². The van der Waals surface area contributed by atoms with Gasteiger partial charge in [0, 0.05) is 11.6 Å². The molecule has 2 N–H and O–H groups in total. The topological polar surface area (TPSA) is 86.7 Å². The summed E-state index contributed by atoms with van der Waals surface area (Å²) in [5.74, 6) is -1.21. The standard InChI is InChI=1S/C13H19ClN2O4S/c1-9-11(13(17)18)7-10(14)8-12(9)21(19,20)15-5-4-6-16(2)3/h7-8,15H,4-6H2,1-3H3,(H,17,18). The first-order chi connectivity index (χ1) is 9.65. The normalized spacial score (nSPS) is 11.9. The predicted octanol–water partition coefficient (Wildman–Crippen LogP) is 1.58. The second-order valence-corrected chi connectivity index (χ2v) is 7.11. The molecule has 0 fully saturated rings. The van der Waals surface area contributed by atoms with Crippen molar-refractivity contribution in [3.63, 3.8) is 0 Å². The van der Waals surface area contributed by atoms with Gasteiger partial charge in [-0.15, -0.1) is 0 Å². The van der Waals surface area contributed by atoms with Gasteiger partial charge in [-0.2, -0.15) is 0 Å². The Morgan fingerprint density at radius 2 is 2.00 bits per heavy atom. The monoisotopic (exact) mass is 334 g/mol. The molecule has 0 aromatic heterocycles. The fraction of sp³-hybridized carbons (Fsp3) is 0.462. The van der Waals surface area contributed by atoms with Crippen LogP contribution in [0.3, 0.4) is 0 Å². The third-order valence-electron chi connectivity index (χ3n) is 2.92. The fourth-order valence-corrected chi connectivity index (χ4v) is 3.48. The van der Waals surface area contributed by atoms with Crippen molar-refractivity contribution < 1.29 is 18.3 Å². The van der Waals surface area contributed by atoms with Gasteiger partial charge in [0.1, 0.15) is 0 Å². The van der Waals surface area contributed by atoms with Crippen LogP contribution in [0.4, 0.5) is 0 Å². The Balaban J connectivity index is 3.00. The summed E-state index contributed by atoms with van der Waals surface area (Å²) in [4.78, 5) is 13.0. The highest BCUT2D eigenvalue weighted by Gasteiger charge is 2.21. The summed E-state index contributed by atoms with van der Waals surface area (Å²) in [6.07, 6.45) is 0.650. The van der Waals surface area contributed by atoms with Crippen LogP contribution in [0.25, 0.3) is 0 Å². The lowest BCUT2D eigenvalue weighted by molar-refractivity contribution is 0.0696. The molecule has 0 saturated carbocycles. The number of carbonyl (C=O) groups is 1. The lowest BCUT2D eigenvalue weighted by atomic mass is 10.1. The Hall–Kier alpha value is -1.15. The highest BCUT2D eigenvalue weighted by atomic mass is 35.5. The predicted molar refractivity (Wildman–Crippen MR) is 81.5 cm³/mol. The van der Waals surface area contributed by atoms with E-state index >= 15 is 0 Å². The summed E-state index contributed by atoms with van der Waals surface area (Å²) in [5.41, 5.74) is 0.0585. The summed E-state index contributed by atoms with van der Waals surface area (Å²) >= 11 is 5.81. The molecule has 0 radical (unpaired) electrons. The molecule has 0 unspecified atom stereocenters. The van der Waals surface area contributed by atoms with Crippen molar-refractivity contribution in [2.45, 2.75) is 18.2 Å². The summed E-state index contributed by atoms with van der Waals surface area (Å²) in [6, 6.07) is 2.50. The van der Waals surface area contributed by atoms with Crippen LogP contribution in [0.15, 0.2) is 17.0 Å².